The Morgan fingerprint density at radius 2 is 2.00 bits per heavy atom. The second-order valence-corrected chi connectivity index (χ2v) is 9.36. The van der Waals surface area contributed by atoms with Crippen molar-refractivity contribution in [3.05, 3.63) is 29.8 Å². The lowest BCUT2D eigenvalue weighted by Gasteiger charge is -2.21. The van der Waals surface area contributed by atoms with E-state index < -0.39 is 17.6 Å². The number of amides is 2. The van der Waals surface area contributed by atoms with E-state index in [0.717, 1.165) is 25.3 Å². The summed E-state index contributed by atoms with van der Waals surface area (Å²) in [5.41, 5.74) is -1.20. The van der Waals surface area contributed by atoms with Gasteiger partial charge in [-0.05, 0) is 38.3 Å². The second-order valence-electron chi connectivity index (χ2n) is 6.57. The van der Waals surface area contributed by atoms with Crippen LogP contribution >= 0.6 is 21.6 Å². The lowest BCUT2D eigenvalue weighted by molar-refractivity contribution is -0.137. The Bertz CT molecular complexity index is 665. The van der Waals surface area contributed by atoms with E-state index in [1.807, 2.05) is 21.6 Å². The maximum absolute atomic E-state index is 13.0. The molecule has 28 heavy (non-hydrogen) atoms. The van der Waals surface area contributed by atoms with Gasteiger partial charge in [0.25, 0.3) is 0 Å². The highest BCUT2D eigenvalue weighted by atomic mass is 33.1. The number of anilines is 1. The van der Waals surface area contributed by atoms with Gasteiger partial charge in [0.1, 0.15) is 0 Å². The van der Waals surface area contributed by atoms with Crippen LogP contribution in [0.4, 0.5) is 18.9 Å². The van der Waals surface area contributed by atoms with Gasteiger partial charge < -0.3 is 10.2 Å². The van der Waals surface area contributed by atoms with Crippen LogP contribution in [0.1, 0.15) is 44.6 Å². The third-order valence-corrected chi connectivity index (χ3v) is 7.48. The van der Waals surface area contributed by atoms with Crippen LogP contribution < -0.4 is 5.32 Å². The van der Waals surface area contributed by atoms with E-state index in [-0.39, 0.29) is 18.1 Å². The minimum Gasteiger partial charge on any atom is -0.334 e. The average Bonchev–Trinajstić information content (AvgIpc) is 3.16. The van der Waals surface area contributed by atoms with Crippen LogP contribution in [0.15, 0.2) is 24.3 Å². The summed E-state index contributed by atoms with van der Waals surface area (Å²) < 4.78 is 39.1. The summed E-state index contributed by atoms with van der Waals surface area (Å²) in [6.07, 6.45) is -0.178. The average molecular weight is 435 g/mol. The summed E-state index contributed by atoms with van der Waals surface area (Å²) in [5, 5.41) is 2.95. The molecular weight excluding hydrogens is 409 g/mol. The minimum absolute atomic E-state index is 0.143. The number of benzene rings is 1. The van der Waals surface area contributed by atoms with Crippen molar-refractivity contribution in [3.8, 4) is 0 Å². The zero-order valence-corrected chi connectivity index (χ0v) is 17.4. The maximum Gasteiger partial charge on any atom is 0.418 e. The first-order chi connectivity index (χ1) is 13.3. The summed E-state index contributed by atoms with van der Waals surface area (Å²) in [6, 6.07) is 4.81. The predicted molar refractivity (Wildman–Crippen MR) is 109 cm³/mol. The number of likely N-dealkylation sites (N-methyl/N-ethyl adjacent to an activating group) is 1. The van der Waals surface area contributed by atoms with E-state index in [9.17, 15) is 22.8 Å². The van der Waals surface area contributed by atoms with Crippen LogP contribution in [-0.2, 0) is 15.8 Å². The molecule has 0 spiro atoms. The van der Waals surface area contributed by atoms with Gasteiger partial charge in [-0.2, -0.15) is 13.2 Å². The van der Waals surface area contributed by atoms with E-state index in [4.69, 9.17) is 0 Å². The number of nitrogens with one attached hydrogen (secondary N) is 1. The molecule has 0 radical (unpaired) electrons. The van der Waals surface area contributed by atoms with Crippen LogP contribution in [-0.4, -0.2) is 40.8 Å². The normalized spacial score (nSPS) is 16.8. The SMILES string of the molecule is CCN(CC(=O)Nc1ccccc1C(F)(F)F)C(=O)CCCCC1CCSS1. The molecule has 2 amide bonds. The molecule has 2 rings (SSSR count). The third-order valence-electron chi connectivity index (χ3n) is 4.47. The number of carbonyl (C=O) groups is 2. The Morgan fingerprint density at radius 3 is 2.64 bits per heavy atom. The highest BCUT2D eigenvalue weighted by Gasteiger charge is 2.33. The number of carbonyl (C=O) groups excluding carboxylic acids is 2. The molecule has 0 aliphatic carbocycles. The van der Waals surface area contributed by atoms with Gasteiger partial charge in [-0.15, -0.1) is 0 Å². The number of unbranched alkanes of at least 4 members (excludes halogenated alkanes) is 1. The fourth-order valence-corrected chi connectivity index (χ4v) is 5.98. The fourth-order valence-electron chi connectivity index (χ4n) is 2.95. The van der Waals surface area contributed by atoms with Crippen LogP contribution in [0, 0.1) is 0 Å². The van der Waals surface area contributed by atoms with Crippen molar-refractivity contribution in [2.24, 2.45) is 0 Å². The molecule has 4 nitrogen and oxygen atoms in total. The summed E-state index contributed by atoms with van der Waals surface area (Å²) >= 11 is 0. The van der Waals surface area contributed by atoms with Crippen LogP contribution in [0.5, 0.6) is 0 Å². The summed E-state index contributed by atoms with van der Waals surface area (Å²) in [7, 11) is 3.80. The Labute approximate surface area is 171 Å². The Balaban J connectivity index is 1.81. The van der Waals surface area contributed by atoms with Crippen molar-refractivity contribution in [1.29, 1.82) is 0 Å². The molecule has 1 aromatic carbocycles. The quantitative estimate of drug-likeness (QED) is 0.428. The van der Waals surface area contributed by atoms with Crippen molar-refractivity contribution in [2.75, 3.05) is 24.2 Å². The fraction of sp³-hybridized carbons (Fsp3) is 0.579. The molecule has 1 aliphatic heterocycles. The van der Waals surface area contributed by atoms with E-state index >= 15 is 0 Å². The number of alkyl halides is 3. The van der Waals surface area contributed by atoms with E-state index in [1.165, 1.54) is 35.3 Å². The van der Waals surface area contributed by atoms with Crippen molar-refractivity contribution >= 4 is 39.1 Å². The molecule has 1 saturated heterocycles. The van der Waals surface area contributed by atoms with E-state index in [2.05, 4.69) is 5.32 Å². The lowest BCUT2D eigenvalue weighted by atomic mass is 10.1. The first kappa shape index (κ1) is 22.9. The van der Waals surface area contributed by atoms with Gasteiger partial charge in [0, 0.05) is 24.0 Å². The van der Waals surface area contributed by atoms with Crippen LogP contribution in [0.2, 0.25) is 0 Å². The van der Waals surface area contributed by atoms with Gasteiger partial charge in [0.2, 0.25) is 11.8 Å². The molecule has 1 unspecified atom stereocenters. The first-order valence-electron chi connectivity index (χ1n) is 9.33. The summed E-state index contributed by atoms with van der Waals surface area (Å²) in [5.74, 6) is 0.409. The van der Waals surface area contributed by atoms with Crippen LogP contribution in [0.25, 0.3) is 0 Å². The zero-order valence-electron chi connectivity index (χ0n) is 15.8. The highest BCUT2D eigenvalue weighted by molar-refractivity contribution is 8.77. The number of nitrogens with zero attached hydrogens (tertiary/aromatic N) is 1. The molecule has 0 bridgehead atoms. The standard InChI is InChI=1S/C19H25F3N2O2S2/c1-2-24(18(26)10-6-3-7-14-11-12-27-28-14)13-17(25)23-16-9-5-4-8-15(16)19(20,21)22/h4-5,8-9,14H,2-3,6-7,10-13H2,1H3,(H,23,25). The Kier molecular flexibility index (Phi) is 9.01. The second kappa shape index (κ2) is 11.0. The van der Waals surface area contributed by atoms with Crippen molar-refractivity contribution in [1.82, 2.24) is 4.90 Å². The number of hydrogen-bond acceptors (Lipinski definition) is 4. The van der Waals surface area contributed by atoms with E-state index in [0.29, 0.717) is 18.2 Å². The Hall–Kier alpha value is -1.35. The van der Waals surface area contributed by atoms with Crippen LogP contribution in [0.3, 0.4) is 0 Å². The number of hydrogen-bond donors (Lipinski definition) is 1. The smallest absolute Gasteiger partial charge is 0.334 e. The molecule has 9 heteroatoms. The number of rotatable bonds is 9. The van der Waals surface area contributed by atoms with Gasteiger partial charge in [0.15, 0.2) is 0 Å². The molecule has 1 atom stereocenters. The van der Waals surface area contributed by atoms with Gasteiger partial charge in [-0.25, -0.2) is 0 Å². The molecule has 1 aliphatic rings. The Morgan fingerprint density at radius 1 is 1.25 bits per heavy atom. The molecule has 0 saturated carbocycles. The molecule has 1 N–H and O–H groups in total. The highest BCUT2D eigenvalue weighted by Crippen LogP contribution is 2.40. The van der Waals surface area contributed by atoms with Gasteiger partial charge in [-0.3, -0.25) is 9.59 Å². The summed E-state index contributed by atoms with van der Waals surface area (Å²) in [6.45, 7) is 1.83. The molecule has 156 valence electrons. The third kappa shape index (κ3) is 7.24. The van der Waals surface area contributed by atoms with E-state index in [1.54, 1.807) is 6.92 Å². The van der Waals surface area contributed by atoms with Crippen molar-refractivity contribution < 1.29 is 22.8 Å². The number of para-hydroxylation sites is 1. The zero-order chi connectivity index (χ0) is 20.6. The molecule has 0 aromatic heterocycles. The van der Waals surface area contributed by atoms with Crippen molar-refractivity contribution in [3.63, 3.8) is 0 Å². The molecule has 1 fully saturated rings. The molecule has 1 aromatic rings. The lowest BCUT2D eigenvalue weighted by Crippen LogP contribution is -2.38. The number of halogens is 3. The van der Waals surface area contributed by atoms with Gasteiger partial charge in [-0.1, -0.05) is 40.1 Å². The van der Waals surface area contributed by atoms with Crippen molar-refractivity contribution in [2.45, 2.75) is 50.5 Å². The first-order valence-corrected chi connectivity index (χ1v) is 11.7. The summed E-state index contributed by atoms with van der Waals surface area (Å²) in [4.78, 5) is 25.9. The topological polar surface area (TPSA) is 49.4 Å². The van der Waals surface area contributed by atoms with Gasteiger partial charge >= 0.3 is 6.18 Å². The largest absolute Gasteiger partial charge is 0.418 e. The van der Waals surface area contributed by atoms with Gasteiger partial charge in [0.05, 0.1) is 17.8 Å². The molecule has 1 heterocycles. The monoisotopic (exact) mass is 434 g/mol. The predicted octanol–water partition coefficient (Wildman–Crippen LogP) is 5.21. The maximum atomic E-state index is 13.0. The minimum atomic E-state index is -4.56. The molecular formula is C19H25F3N2O2S2.